The van der Waals surface area contributed by atoms with Crippen LogP contribution in [-0.4, -0.2) is 41.8 Å². The Labute approximate surface area is 91.4 Å². The number of hydrogen-bond donors (Lipinski definition) is 0. The number of rotatable bonds is 4. The molecule has 2 rings (SSSR count). The zero-order chi connectivity index (χ0) is 10.0. The molecule has 0 N–H and O–H groups in total. The third kappa shape index (κ3) is 1.95. The van der Waals surface area contributed by atoms with Crippen molar-refractivity contribution >= 4 is 11.8 Å². The van der Waals surface area contributed by atoms with Gasteiger partial charge in [-0.1, -0.05) is 0 Å². The van der Waals surface area contributed by atoms with Crippen molar-refractivity contribution in [3.05, 3.63) is 0 Å². The summed E-state index contributed by atoms with van der Waals surface area (Å²) in [5.41, 5.74) is 0.789. The Morgan fingerprint density at radius 3 is 2.57 bits per heavy atom. The van der Waals surface area contributed by atoms with Gasteiger partial charge in [0, 0.05) is 5.54 Å². The largest absolute Gasteiger partial charge is 0.366 e. The van der Waals surface area contributed by atoms with Crippen LogP contribution in [0.4, 0.5) is 0 Å². The van der Waals surface area contributed by atoms with Gasteiger partial charge >= 0.3 is 0 Å². The van der Waals surface area contributed by atoms with Crippen molar-refractivity contribution in [3.8, 4) is 0 Å². The molecule has 2 aliphatic heterocycles. The highest BCUT2D eigenvalue weighted by atomic mass is 32.2. The first-order chi connectivity index (χ1) is 6.77. The van der Waals surface area contributed by atoms with Gasteiger partial charge in [0.25, 0.3) is 0 Å². The first-order valence-corrected chi connectivity index (χ1v) is 6.95. The Bertz CT molecular complexity index is 188. The first-order valence-electron chi connectivity index (χ1n) is 5.66. The normalized spacial score (nSPS) is 27.9. The van der Waals surface area contributed by atoms with E-state index in [4.69, 9.17) is 4.74 Å². The lowest BCUT2D eigenvalue weighted by molar-refractivity contribution is 0.0291. The third-order valence-corrected chi connectivity index (χ3v) is 4.53. The summed E-state index contributed by atoms with van der Waals surface area (Å²) < 4.78 is 5.90. The smallest absolute Gasteiger partial charge is 0.0997 e. The maximum Gasteiger partial charge on any atom is 0.0997 e. The predicted octanol–water partition coefficient (Wildman–Crippen LogP) is 2.34. The zero-order valence-corrected chi connectivity index (χ0v) is 10.1. The second-order valence-corrected chi connectivity index (χ2v) is 5.67. The highest BCUT2D eigenvalue weighted by molar-refractivity contribution is 7.99. The molecule has 0 amide bonds. The molecule has 0 bridgehead atoms. The Kier molecular flexibility index (Phi) is 3.40. The molecule has 14 heavy (non-hydrogen) atoms. The van der Waals surface area contributed by atoms with Crippen LogP contribution in [-0.2, 0) is 4.74 Å². The third-order valence-electron chi connectivity index (χ3n) is 3.73. The SMILES string of the molecule is CSC(C)OCC12CCCN1CCC2. The quantitative estimate of drug-likeness (QED) is 0.668. The predicted molar refractivity (Wildman–Crippen MR) is 61.7 cm³/mol. The van der Waals surface area contributed by atoms with E-state index in [0.717, 1.165) is 6.61 Å². The second kappa shape index (κ2) is 4.42. The van der Waals surface area contributed by atoms with Gasteiger partial charge in [-0.3, -0.25) is 4.90 Å². The second-order valence-electron chi connectivity index (χ2n) is 4.53. The minimum Gasteiger partial charge on any atom is -0.366 e. The molecule has 0 aromatic rings. The number of ether oxygens (including phenoxy) is 1. The summed E-state index contributed by atoms with van der Waals surface area (Å²) in [6.07, 6.45) is 7.57. The summed E-state index contributed by atoms with van der Waals surface area (Å²) in [6.45, 7) is 5.71. The van der Waals surface area contributed by atoms with Crippen LogP contribution < -0.4 is 0 Å². The molecule has 2 saturated heterocycles. The van der Waals surface area contributed by atoms with Crippen LogP contribution in [0.3, 0.4) is 0 Å². The summed E-state index contributed by atoms with van der Waals surface area (Å²) in [7, 11) is 0. The number of fused-ring (bicyclic) bond motifs is 1. The summed E-state index contributed by atoms with van der Waals surface area (Å²) in [6, 6.07) is 0. The van der Waals surface area contributed by atoms with Gasteiger partial charge in [0.15, 0.2) is 0 Å². The molecule has 0 aliphatic carbocycles. The fourth-order valence-corrected chi connectivity index (χ4v) is 3.01. The molecule has 2 fully saturated rings. The minimum absolute atomic E-state index is 0.354. The molecule has 0 aromatic heterocycles. The average molecular weight is 215 g/mol. The summed E-state index contributed by atoms with van der Waals surface area (Å²) in [4.78, 5) is 2.65. The van der Waals surface area contributed by atoms with Crippen LogP contribution in [0.25, 0.3) is 0 Å². The fourth-order valence-electron chi connectivity index (χ4n) is 2.80. The average Bonchev–Trinajstić information content (AvgIpc) is 2.72. The Balaban J connectivity index is 1.88. The number of thioether (sulfide) groups is 1. The lowest BCUT2D eigenvalue weighted by Crippen LogP contribution is -2.43. The van der Waals surface area contributed by atoms with E-state index in [1.165, 1.54) is 38.8 Å². The molecule has 2 aliphatic rings. The Hall–Kier alpha value is 0.270. The lowest BCUT2D eigenvalue weighted by Gasteiger charge is -2.32. The molecule has 2 heterocycles. The van der Waals surface area contributed by atoms with Gasteiger partial charge in [-0.15, -0.1) is 11.8 Å². The van der Waals surface area contributed by atoms with Crippen molar-refractivity contribution in [1.82, 2.24) is 4.90 Å². The van der Waals surface area contributed by atoms with Gasteiger partial charge in [0.2, 0.25) is 0 Å². The van der Waals surface area contributed by atoms with E-state index in [9.17, 15) is 0 Å². The van der Waals surface area contributed by atoms with E-state index >= 15 is 0 Å². The molecule has 0 spiro atoms. The Morgan fingerprint density at radius 1 is 1.36 bits per heavy atom. The minimum atomic E-state index is 0.354. The fraction of sp³-hybridized carbons (Fsp3) is 1.00. The van der Waals surface area contributed by atoms with Gasteiger partial charge in [-0.25, -0.2) is 0 Å². The molecule has 0 aromatic carbocycles. The van der Waals surface area contributed by atoms with Crippen molar-refractivity contribution in [3.63, 3.8) is 0 Å². The van der Waals surface area contributed by atoms with Gasteiger partial charge in [-0.2, -0.15) is 0 Å². The Morgan fingerprint density at radius 2 is 2.00 bits per heavy atom. The van der Waals surface area contributed by atoms with E-state index < -0.39 is 0 Å². The van der Waals surface area contributed by atoms with Crippen molar-refractivity contribution in [2.75, 3.05) is 26.0 Å². The van der Waals surface area contributed by atoms with Crippen molar-refractivity contribution in [2.24, 2.45) is 0 Å². The summed E-state index contributed by atoms with van der Waals surface area (Å²) in [5, 5.41) is 0. The van der Waals surface area contributed by atoms with Gasteiger partial charge < -0.3 is 4.74 Å². The van der Waals surface area contributed by atoms with E-state index in [1.807, 2.05) is 0 Å². The first kappa shape index (κ1) is 10.8. The monoisotopic (exact) mass is 215 g/mol. The molecule has 0 radical (unpaired) electrons. The van der Waals surface area contributed by atoms with E-state index in [2.05, 4.69) is 18.1 Å². The van der Waals surface area contributed by atoms with Crippen molar-refractivity contribution in [1.29, 1.82) is 0 Å². The van der Waals surface area contributed by atoms with E-state index in [-0.39, 0.29) is 0 Å². The van der Waals surface area contributed by atoms with Crippen molar-refractivity contribution in [2.45, 2.75) is 43.6 Å². The van der Waals surface area contributed by atoms with Gasteiger partial charge in [0.1, 0.15) is 0 Å². The van der Waals surface area contributed by atoms with Crippen LogP contribution in [0.15, 0.2) is 0 Å². The molecule has 82 valence electrons. The number of hydrogen-bond acceptors (Lipinski definition) is 3. The highest BCUT2D eigenvalue weighted by Gasteiger charge is 2.44. The van der Waals surface area contributed by atoms with Crippen molar-refractivity contribution < 1.29 is 4.74 Å². The molecule has 2 nitrogen and oxygen atoms in total. The van der Waals surface area contributed by atoms with Crippen LogP contribution in [0.2, 0.25) is 0 Å². The standard InChI is InChI=1S/C11H21NOS/c1-10(14-2)13-9-11-5-3-7-12(11)8-4-6-11/h10H,3-9H2,1-2H3. The highest BCUT2D eigenvalue weighted by Crippen LogP contribution is 2.39. The van der Waals surface area contributed by atoms with E-state index in [1.54, 1.807) is 11.8 Å². The summed E-state index contributed by atoms with van der Waals surface area (Å²) >= 11 is 1.80. The zero-order valence-electron chi connectivity index (χ0n) is 9.29. The van der Waals surface area contributed by atoms with Gasteiger partial charge in [-0.05, 0) is 52.0 Å². The molecular formula is C11H21NOS. The molecule has 1 atom stereocenters. The van der Waals surface area contributed by atoms with Gasteiger partial charge in [0.05, 0.1) is 12.0 Å². The van der Waals surface area contributed by atoms with Crippen LogP contribution in [0.1, 0.15) is 32.6 Å². The molecular weight excluding hydrogens is 194 g/mol. The molecule has 1 unspecified atom stereocenters. The molecule has 0 saturated carbocycles. The van der Waals surface area contributed by atoms with E-state index in [0.29, 0.717) is 11.0 Å². The maximum atomic E-state index is 5.90. The molecule has 3 heteroatoms. The van der Waals surface area contributed by atoms with Crippen LogP contribution in [0.5, 0.6) is 0 Å². The van der Waals surface area contributed by atoms with Crippen LogP contribution >= 0.6 is 11.8 Å². The topological polar surface area (TPSA) is 12.5 Å². The maximum absolute atomic E-state index is 5.90. The summed E-state index contributed by atoms with van der Waals surface area (Å²) in [5.74, 6) is 0. The lowest BCUT2D eigenvalue weighted by atomic mass is 9.95. The van der Waals surface area contributed by atoms with Crippen LogP contribution in [0, 0.1) is 0 Å². The number of nitrogens with zero attached hydrogens (tertiary/aromatic N) is 1.